The zero-order chi connectivity index (χ0) is 18.2. The molecule has 138 valence electrons. The van der Waals surface area contributed by atoms with E-state index in [0.717, 1.165) is 44.7 Å². The summed E-state index contributed by atoms with van der Waals surface area (Å²) in [4.78, 5) is 18.9. The van der Waals surface area contributed by atoms with E-state index in [1.807, 2.05) is 42.2 Å². The van der Waals surface area contributed by atoms with E-state index in [9.17, 15) is 4.79 Å². The molecule has 0 unspecified atom stereocenters. The quantitative estimate of drug-likeness (QED) is 0.763. The van der Waals surface area contributed by atoms with Crippen LogP contribution in [0.25, 0.3) is 0 Å². The standard InChI is InChI=1S/C21H26N2O3/c1-2-25-15-18-9-6-12-23(14-18)21(24)19-10-11-20(22-13-19)26-16-17-7-4-3-5-8-17/h3-5,7-8,10-11,13,18H,2,6,9,12,14-16H2,1H3/t18-/m1/s1. The molecule has 0 saturated carbocycles. The molecule has 0 N–H and O–H groups in total. The highest BCUT2D eigenvalue weighted by atomic mass is 16.5. The second-order valence-electron chi connectivity index (χ2n) is 6.58. The van der Waals surface area contributed by atoms with Gasteiger partial charge in [-0.25, -0.2) is 4.98 Å². The summed E-state index contributed by atoms with van der Waals surface area (Å²) in [7, 11) is 0. The molecule has 1 amide bonds. The lowest BCUT2D eigenvalue weighted by Crippen LogP contribution is -2.41. The Morgan fingerprint density at radius 1 is 1.23 bits per heavy atom. The van der Waals surface area contributed by atoms with Crippen molar-refractivity contribution in [2.45, 2.75) is 26.4 Å². The van der Waals surface area contributed by atoms with Crippen molar-refractivity contribution < 1.29 is 14.3 Å². The molecular formula is C21H26N2O3. The van der Waals surface area contributed by atoms with Gasteiger partial charge in [-0.15, -0.1) is 0 Å². The molecule has 0 spiro atoms. The molecule has 5 heteroatoms. The molecule has 3 rings (SSSR count). The molecule has 2 aromatic rings. The smallest absolute Gasteiger partial charge is 0.255 e. The average Bonchev–Trinajstić information content (AvgIpc) is 2.71. The van der Waals surface area contributed by atoms with E-state index < -0.39 is 0 Å². The number of hydrogen-bond acceptors (Lipinski definition) is 4. The first-order chi connectivity index (χ1) is 12.8. The molecule has 1 aliphatic heterocycles. The van der Waals surface area contributed by atoms with Crippen LogP contribution in [-0.2, 0) is 11.3 Å². The number of hydrogen-bond donors (Lipinski definition) is 0. The fourth-order valence-electron chi connectivity index (χ4n) is 3.18. The summed E-state index contributed by atoms with van der Waals surface area (Å²) in [6, 6.07) is 13.5. The fourth-order valence-corrected chi connectivity index (χ4v) is 3.18. The first-order valence-electron chi connectivity index (χ1n) is 9.26. The highest BCUT2D eigenvalue weighted by Gasteiger charge is 2.24. The van der Waals surface area contributed by atoms with E-state index in [1.165, 1.54) is 0 Å². The third kappa shape index (κ3) is 5.05. The van der Waals surface area contributed by atoms with E-state index >= 15 is 0 Å². The maximum absolute atomic E-state index is 12.7. The topological polar surface area (TPSA) is 51.7 Å². The van der Waals surface area contributed by atoms with Gasteiger partial charge in [0.2, 0.25) is 5.88 Å². The van der Waals surface area contributed by atoms with E-state index in [0.29, 0.717) is 24.0 Å². The van der Waals surface area contributed by atoms with Crippen molar-refractivity contribution in [3.63, 3.8) is 0 Å². The fraction of sp³-hybridized carbons (Fsp3) is 0.429. The lowest BCUT2D eigenvalue weighted by molar-refractivity contribution is 0.0500. The van der Waals surface area contributed by atoms with Gasteiger partial charge < -0.3 is 14.4 Å². The predicted octanol–water partition coefficient (Wildman–Crippen LogP) is 3.55. The van der Waals surface area contributed by atoms with Gasteiger partial charge in [-0.3, -0.25) is 4.79 Å². The molecule has 1 aromatic carbocycles. The molecule has 1 saturated heterocycles. The maximum atomic E-state index is 12.7. The third-order valence-corrected chi connectivity index (χ3v) is 4.58. The van der Waals surface area contributed by atoms with Gasteiger partial charge in [-0.05, 0) is 37.3 Å². The summed E-state index contributed by atoms with van der Waals surface area (Å²) in [5.41, 5.74) is 1.69. The monoisotopic (exact) mass is 354 g/mol. The van der Waals surface area contributed by atoms with Crippen LogP contribution in [0.3, 0.4) is 0 Å². The number of carbonyl (C=O) groups is 1. The van der Waals surface area contributed by atoms with Gasteiger partial charge in [0.25, 0.3) is 5.91 Å². The summed E-state index contributed by atoms with van der Waals surface area (Å²) >= 11 is 0. The van der Waals surface area contributed by atoms with Crippen LogP contribution in [0.1, 0.15) is 35.7 Å². The average molecular weight is 354 g/mol. The SMILES string of the molecule is CCOC[C@@H]1CCCN(C(=O)c2ccc(OCc3ccccc3)nc2)C1. The minimum Gasteiger partial charge on any atom is -0.473 e. The van der Waals surface area contributed by atoms with Crippen molar-refractivity contribution in [3.8, 4) is 5.88 Å². The normalized spacial score (nSPS) is 17.1. The largest absolute Gasteiger partial charge is 0.473 e. The lowest BCUT2D eigenvalue weighted by Gasteiger charge is -2.32. The van der Waals surface area contributed by atoms with E-state index in [1.54, 1.807) is 18.3 Å². The Hall–Kier alpha value is -2.40. The Balaban J connectivity index is 1.54. The second kappa shape index (κ2) is 9.34. The summed E-state index contributed by atoms with van der Waals surface area (Å²) < 4.78 is 11.2. The van der Waals surface area contributed by atoms with Gasteiger partial charge >= 0.3 is 0 Å². The first kappa shape index (κ1) is 18.4. The molecule has 5 nitrogen and oxygen atoms in total. The van der Waals surface area contributed by atoms with Gasteiger partial charge in [-0.2, -0.15) is 0 Å². The highest BCUT2D eigenvalue weighted by molar-refractivity contribution is 5.94. The van der Waals surface area contributed by atoms with Crippen molar-refractivity contribution >= 4 is 5.91 Å². The molecule has 2 heterocycles. The zero-order valence-electron chi connectivity index (χ0n) is 15.3. The van der Waals surface area contributed by atoms with Gasteiger partial charge in [-0.1, -0.05) is 30.3 Å². The molecule has 1 atom stereocenters. The van der Waals surface area contributed by atoms with Crippen molar-refractivity contribution in [1.29, 1.82) is 0 Å². The van der Waals surface area contributed by atoms with E-state index in [2.05, 4.69) is 4.98 Å². The number of rotatable bonds is 7. The number of nitrogens with zero attached hydrogens (tertiary/aromatic N) is 2. The molecule has 0 bridgehead atoms. The molecule has 1 aromatic heterocycles. The number of likely N-dealkylation sites (tertiary alicyclic amines) is 1. The Morgan fingerprint density at radius 3 is 2.81 bits per heavy atom. The number of benzene rings is 1. The number of ether oxygens (including phenoxy) is 2. The van der Waals surface area contributed by atoms with Crippen molar-refractivity contribution in [2.75, 3.05) is 26.3 Å². The number of aromatic nitrogens is 1. The molecular weight excluding hydrogens is 328 g/mol. The summed E-state index contributed by atoms with van der Waals surface area (Å²) in [5, 5.41) is 0. The Morgan fingerprint density at radius 2 is 2.08 bits per heavy atom. The van der Waals surface area contributed by atoms with Gasteiger partial charge in [0.1, 0.15) is 6.61 Å². The van der Waals surface area contributed by atoms with Gasteiger partial charge in [0, 0.05) is 32.0 Å². The highest BCUT2D eigenvalue weighted by Crippen LogP contribution is 2.19. The predicted molar refractivity (Wildman–Crippen MR) is 100 cm³/mol. The second-order valence-corrected chi connectivity index (χ2v) is 6.58. The van der Waals surface area contributed by atoms with E-state index in [-0.39, 0.29) is 5.91 Å². The van der Waals surface area contributed by atoms with Crippen LogP contribution in [0.15, 0.2) is 48.7 Å². The van der Waals surface area contributed by atoms with Crippen LogP contribution in [0.2, 0.25) is 0 Å². The summed E-state index contributed by atoms with van der Waals surface area (Å²) in [6.07, 6.45) is 3.75. The number of amides is 1. The molecule has 26 heavy (non-hydrogen) atoms. The Kier molecular flexibility index (Phi) is 6.61. The Labute approximate surface area is 155 Å². The van der Waals surface area contributed by atoms with Crippen LogP contribution in [-0.4, -0.2) is 42.1 Å². The van der Waals surface area contributed by atoms with Crippen LogP contribution in [0.4, 0.5) is 0 Å². The number of piperidine rings is 1. The summed E-state index contributed by atoms with van der Waals surface area (Å²) in [5.74, 6) is 0.987. The minimum atomic E-state index is 0.0355. The van der Waals surface area contributed by atoms with Crippen LogP contribution < -0.4 is 4.74 Å². The van der Waals surface area contributed by atoms with Crippen LogP contribution in [0.5, 0.6) is 5.88 Å². The number of carbonyl (C=O) groups excluding carboxylic acids is 1. The van der Waals surface area contributed by atoms with Crippen LogP contribution >= 0.6 is 0 Å². The third-order valence-electron chi connectivity index (χ3n) is 4.58. The Bertz CT molecular complexity index is 688. The van der Waals surface area contributed by atoms with Crippen molar-refractivity contribution in [2.24, 2.45) is 5.92 Å². The zero-order valence-corrected chi connectivity index (χ0v) is 15.3. The van der Waals surface area contributed by atoms with Gasteiger partial charge in [0.15, 0.2) is 0 Å². The van der Waals surface area contributed by atoms with Crippen molar-refractivity contribution in [3.05, 3.63) is 59.8 Å². The first-order valence-corrected chi connectivity index (χ1v) is 9.26. The maximum Gasteiger partial charge on any atom is 0.255 e. The van der Waals surface area contributed by atoms with Crippen molar-refractivity contribution in [1.82, 2.24) is 9.88 Å². The number of pyridine rings is 1. The van der Waals surface area contributed by atoms with Crippen LogP contribution in [0, 0.1) is 5.92 Å². The lowest BCUT2D eigenvalue weighted by atomic mass is 9.98. The molecule has 0 radical (unpaired) electrons. The van der Waals surface area contributed by atoms with E-state index in [4.69, 9.17) is 9.47 Å². The molecule has 1 fully saturated rings. The molecule has 0 aliphatic carbocycles. The minimum absolute atomic E-state index is 0.0355. The van der Waals surface area contributed by atoms with Gasteiger partial charge in [0.05, 0.1) is 12.2 Å². The summed E-state index contributed by atoms with van der Waals surface area (Å²) in [6.45, 7) is 5.47. The molecule has 1 aliphatic rings.